The molecule has 2 heterocycles. The van der Waals surface area contributed by atoms with Gasteiger partial charge in [0.2, 0.25) is 0 Å². The van der Waals surface area contributed by atoms with Crippen LogP contribution in [0.1, 0.15) is 50.4 Å². The number of alkyl halides is 3. The number of ketones is 1. The summed E-state index contributed by atoms with van der Waals surface area (Å²) in [6, 6.07) is 13.2. The Bertz CT molecular complexity index is 1570. The number of amides is 1. The molecule has 0 radical (unpaired) electrons. The van der Waals surface area contributed by atoms with Crippen molar-refractivity contribution >= 4 is 33.3 Å². The molecule has 1 N–H and O–H groups in total. The number of hydrogen-bond acceptors (Lipinski definition) is 7. The average molecular weight is 573 g/mol. The van der Waals surface area contributed by atoms with E-state index in [1.807, 2.05) is 6.07 Å². The number of Topliss-reactive ketones (excluding diaryl/α,β-unsaturated/α-hetero) is 1. The van der Waals surface area contributed by atoms with Crippen LogP contribution in [0.5, 0.6) is 0 Å². The summed E-state index contributed by atoms with van der Waals surface area (Å²) in [5, 5.41) is 26.1. The lowest BCUT2D eigenvalue weighted by Crippen LogP contribution is -2.19. The van der Waals surface area contributed by atoms with Gasteiger partial charge in [-0.3, -0.25) is 9.59 Å². The number of hydrogen-bond donors (Lipinski definition) is 1. The quantitative estimate of drug-likeness (QED) is 0.340. The van der Waals surface area contributed by atoms with Gasteiger partial charge in [0.15, 0.2) is 5.78 Å². The molecule has 0 spiro atoms. The first-order chi connectivity index (χ1) is 17.5. The summed E-state index contributed by atoms with van der Waals surface area (Å²) in [4.78, 5) is 26.4. The fraction of sp³-hybridized carbons (Fsp3) is 0.174. The van der Waals surface area contributed by atoms with Crippen LogP contribution in [0.2, 0.25) is 0 Å². The topological polar surface area (TPSA) is 131 Å². The molecule has 188 valence electrons. The lowest BCUT2D eigenvalue weighted by Gasteiger charge is -2.14. The van der Waals surface area contributed by atoms with Gasteiger partial charge in [-0.05, 0) is 70.9 Å². The predicted octanol–water partition coefficient (Wildman–Crippen LogP) is 4.32. The van der Waals surface area contributed by atoms with Crippen LogP contribution in [0, 0.1) is 18.3 Å². The maximum absolute atomic E-state index is 13.4. The van der Waals surface area contributed by atoms with Crippen molar-refractivity contribution in [1.29, 1.82) is 5.26 Å². The molecule has 14 heteroatoms. The Morgan fingerprint density at radius 2 is 1.89 bits per heavy atom. The van der Waals surface area contributed by atoms with Crippen molar-refractivity contribution in [1.82, 2.24) is 30.0 Å². The number of rotatable bonds is 6. The van der Waals surface area contributed by atoms with Crippen LogP contribution in [0.25, 0.3) is 5.69 Å². The Kier molecular flexibility index (Phi) is 6.90. The van der Waals surface area contributed by atoms with E-state index in [1.54, 1.807) is 31.2 Å². The van der Waals surface area contributed by atoms with Crippen molar-refractivity contribution in [3.05, 3.63) is 80.8 Å². The second-order valence-corrected chi connectivity index (χ2v) is 8.72. The van der Waals surface area contributed by atoms with E-state index in [9.17, 15) is 28.0 Å². The molecule has 2 aromatic carbocycles. The summed E-state index contributed by atoms with van der Waals surface area (Å²) in [6.45, 7) is 2.67. The van der Waals surface area contributed by atoms with Crippen molar-refractivity contribution in [3.63, 3.8) is 0 Å². The first-order valence-corrected chi connectivity index (χ1v) is 11.3. The molecule has 0 unspecified atom stereocenters. The van der Waals surface area contributed by atoms with E-state index in [0.717, 1.165) is 4.80 Å². The Morgan fingerprint density at radius 3 is 2.51 bits per heavy atom. The minimum absolute atomic E-state index is 0.0244. The van der Waals surface area contributed by atoms with Crippen molar-refractivity contribution < 1.29 is 22.8 Å². The molecule has 2 aromatic heterocycles. The van der Waals surface area contributed by atoms with Gasteiger partial charge in [0.25, 0.3) is 11.7 Å². The Balaban J connectivity index is 1.76. The zero-order chi connectivity index (χ0) is 26.9. The highest BCUT2D eigenvalue weighted by Gasteiger charge is 2.37. The van der Waals surface area contributed by atoms with Crippen molar-refractivity contribution in [3.8, 4) is 11.8 Å². The molecule has 0 bridgehead atoms. The minimum atomic E-state index is -4.76. The molecule has 0 fully saturated rings. The average Bonchev–Trinajstić information content (AvgIpc) is 3.48. The number of anilines is 1. The van der Waals surface area contributed by atoms with Crippen LogP contribution in [-0.4, -0.2) is 41.7 Å². The van der Waals surface area contributed by atoms with E-state index >= 15 is 0 Å². The van der Waals surface area contributed by atoms with Gasteiger partial charge in [-0.1, -0.05) is 12.1 Å². The number of benzene rings is 2. The molecule has 10 nitrogen and oxygen atoms in total. The maximum Gasteiger partial charge on any atom is 0.455 e. The van der Waals surface area contributed by atoms with E-state index in [-0.39, 0.29) is 40.5 Å². The van der Waals surface area contributed by atoms with Gasteiger partial charge in [-0.25, -0.2) is 4.68 Å². The highest BCUT2D eigenvalue weighted by atomic mass is 79.9. The molecule has 4 aromatic rings. The number of aromatic nitrogens is 6. The Labute approximate surface area is 215 Å². The normalized spacial score (nSPS) is 11.3. The summed E-state index contributed by atoms with van der Waals surface area (Å²) in [5.41, 5.74) is 1.82. The van der Waals surface area contributed by atoms with Crippen LogP contribution in [0.15, 0.2) is 46.9 Å². The van der Waals surface area contributed by atoms with Gasteiger partial charge in [-0.2, -0.15) is 28.3 Å². The zero-order valence-electron chi connectivity index (χ0n) is 19.2. The monoisotopic (exact) mass is 572 g/mol. The smallest absolute Gasteiger partial charge is 0.320 e. The first kappa shape index (κ1) is 25.7. The molecule has 4 rings (SSSR count). The number of nitrogens with zero attached hydrogens (tertiary/aromatic N) is 7. The van der Waals surface area contributed by atoms with Crippen LogP contribution >= 0.6 is 15.9 Å². The van der Waals surface area contributed by atoms with E-state index in [1.165, 1.54) is 29.8 Å². The second-order valence-electron chi connectivity index (χ2n) is 7.86. The fourth-order valence-corrected chi connectivity index (χ4v) is 3.97. The van der Waals surface area contributed by atoms with Gasteiger partial charge in [-0.15, -0.1) is 10.2 Å². The molecule has 0 aliphatic rings. The highest BCUT2D eigenvalue weighted by Crippen LogP contribution is 2.27. The number of aryl methyl sites for hydroxylation is 1. The van der Waals surface area contributed by atoms with Crippen LogP contribution in [0.3, 0.4) is 0 Å². The summed E-state index contributed by atoms with van der Waals surface area (Å²) >= 11 is 3.41. The van der Waals surface area contributed by atoms with E-state index in [4.69, 9.17) is 0 Å². The van der Waals surface area contributed by atoms with Crippen molar-refractivity contribution in [2.24, 2.45) is 0 Å². The third kappa shape index (κ3) is 5.41. The summed E-state index contributed by atoms with van der Waals surface area (Å²) in [6.07, 6.45) is -4.76. The summed E-state index contributed by atoms with van der Waals surface area (Å²) in [7, 11) is 0. The lowest BCUT2D eigenvalue weighted by molar-refractivity contribution is -0.145. The standard InChI is InChI=1S/C23H16BrF3N8O2/c1-12-7-14(10-28)8-16(13(2)36)20(12)29-21(37)19-9-15(11-34-32-22(30-33-34)23(25,26)27)31-35(19)18-6-4-3-5-17(18)24/h3-9H,11H2,1-2H3,(H,29,37). The SMILES string of the molecule is CC(=O)c1cc(C#N)cc(C)c1NC(=O)c1cc(Cn2nnc(C(F)(F)F)n2)nn1-c1ccccc1Br. The first-order valence-electron chi connectivity index (χ1n) is 10.5. The van der Waals surface area contributed by atoms with Gasteiger partial charge in [0.05, 0.1) is 28.7 Å². The van der Waals surface area contributed by atoms with E-state index in [2.05, 4.69) is 41.8 Å². The Hall–Kier alpha value is -4.38. The highest BCUT2D eigenvalue weighted by molar-refractivity contribution is 9.10. The number of para-hydroxylation sites is 1. The number of halogens is 4. The molecule has 0 saturated carbocycles. The number of carbonyl (C=O) groups excluding carboxylic acids is 2. The van der Waals surface area contributed by atoms with Crippen LogP contribution < -0.4 is 5.32 Å². The van der Waals surface area contributed by atoms with Gasteiger partial charge < -0.3 is 5.32 Å². The third-order valence-electron chi connectivity index (χ3n) is 5.17. The molecule has 0 atom stereocenters. The number of nitriles is 1. The summed E-state index contributed by atoms with van der Waals surface area (Å²) in [5.74, 6) is -2.40. The van der Waals surface area contributed by atoms with Crippen molar-refractivity contribution in [2.45, 2.75) is 26.6 Å². The largest absolute Gasteiger partial charge is 0.455 e. The van der Waals surface area contributed by atoms with E-state index in [0.29, 0.717) is 15.7 Å². The molecule has 0 aliphatic carbocycles. The molecular weight excluding hydrogens is 557 g/mol. The number of nitrogens with one attached hydrogen (secondary N) is 1. The molecule has 0 aliphatic heterocycles. The van der Waals surface area contributed by atoms with E-state index < -0.39 is 17.9 Å². The molecule has 1 amide bonds. The van der Waals surface area contributed by atoms with Crippen molar-refractivity contribution in [2.75, 3.05) is 5.32 Å². The summed E-state index contributed by atoms with van der Waals surface area (Å²) < 4.78 is 40.5. The van der Waals surface area contributed by atoms with Crippen LogP contribution in [0.4, 0.5) is 18.9 Å². The molecular formula is C23H16BrF3N8O2. The minimum Gasteiger partial charge on any atom is -0.320 e. The zero-order valence-corrected chi connectivity index (χ0v) is 20.8. The van der Waals surface area contributed by atoms with Gasteiger partial charge in [0.1, 0.15) is 12.2 Å². The van der Waals surface area contributed by atoms with Crippen LogP contribution in [-0.2, 0) is 12.7 Å². The fourth-order valence-electron chi connectivity index (χ4n) is 3.52. The lowest BCUT2D eigenvalue weighted by atomic mass is 10.0. The second kappa shape index (κ2) is 9.94. The molecule has 0 saturated heterocycles. The predicted molar refractivity (Wildman–Crippen MR) is 127 cm³/mol. The maximum atomic E-state index is 13.4. The number of carbonyl (C=O) groups is 2. The molecule has 37 heavy (non-hydrogen) atoms. The number of tetrazole rings is 1. The third-order valence-corrected chi connectivity index (χ3v) is 5.84. The Morgan fingerprint density at radius 1 is 1.16 bits per heavy atom. The van der Waals surface area contributed by atoms with Gasteiger partial charge >= 0.3 is 6.18 Å². The van der Waals surface area contributed by atoms with Gasteiger partial charge in [0, 0.05) is 10.0 Å².